The quantitative estimate of drug-likeness (QED) is 0.564. The molecule has 0 aromatic rings. The van der Waals surface area contributed by atoms with Crippen LogP contribution in [0.15, 0.2) is 12.2 Å². The molecule has 2 heteroatoms. The zero-order valence-corrected chi connectivity index (χ0v) is 17.7. The first kappa shape index (κ1) is 27.5. The lowest BCUT2D eigenvalue weighted by molar-refractivity contribution is 0.0332. The van der Waals surface area contributed by atoms with Crippen molar-refractivity contribution in [3.63, 3.8) is 0 Å². The maximum Gasteiger partial charge on any atom is 0.0589 e. The highest BCUT2D eigenvalue weighted by Gasteiger charge is 2.28. The first-order valence-electron chi connectivity index (χ1n) is 9.87. The average molecular weight is 331 g/mol. The molecule has 23 heavy (non-hydrogen) atoms. The maximum atomic E-state index is 8.83. The van der Waals surface area contributed by atoms with Gasteiger partial charge >= 0.3 is 0 Å². The Balaban J connectivity index is -0.000000338. The summed E-state index contributed by atoms with van der Waals surface area (Å²) in [6.07, 6.45) is 11.8. The fraction of sp³-hybridized carbons (Fsp3) is 0.905. The molecule has 1 N–H and O–H groups in total. The van der Waals surface area contributed by atoms with Crippen LogP contribution in [-0.4, -0.2) is 23.9 Å². The van der Waals surface area contributed by atoms with Gasteiger partial charge in [0.25, 0.3) is 0 Å². The third kappa shape index (κ3) is 17.8. The van der Waals surface area contributed by atoms with E-state index in [2.05, 4.69) is 26.0 Å². The van der Waals surface area contributed by atoms with E-state index in [9.17, 15) is 0 Å². The second-order valence-corrected chi connectivity index (χ2v) is 6.20. The van der Waals surface area contributed by atoms with Crippen LogP contribution in [0.5, 0.6) is 0 Å². The van der Waals surface area contributed by atoms with Crippen LogP contribution >= 0.6 is 0 Å². The molecule has 2 nitrogen and oxygen atoms in total. The summed E-state index contributed by atoms with van der Waals surface area (Å²) in [6.45, 7) is 19.9. The number of rotatable bonds is 5. The largest absolute Gasteiger partial charge is 0.390 e. The summed E-state index contributed by atoms with van der Waals surface area (Å²) in [5.41, 5.74) is 0.0169. The molecule has 1 saturated heterocycles. The van der Waals surface area contributed by atoms with Gasteiger partial charge < -0.3 is 9.84 Å². The van der Waals surface area contributed by atoms with Gasteiger partial charge in [-0.3, -0.25) is 0 Å². The molecule has 1 fully saturated rings. The molecule has 0 saturated carbocycles. The monoisotopic (exact) mass is 330 g/mol. The molecule has 0 aromatic carbocycles. The van der Waals surface area contributed by atoms with Crippen molar-refractivity contribution in [3.05, 3.63) is 12.2 Å². The molecule has 0 spiro atoms. The van der Waals surface area contributed by atoms with E-state index in [-0.39, 0.29) is 0 Å². The van der Waals surface area contributed by atoms with Crippen LogP contribution in [0.2, 0.25) is 0 Å². The average Bonchev–Trinajstić information content (AvgIpc) is 2.58. The molecular formula is C21H46O2. The number of hydrogen-bond donors (Lipinski definition) is 1. The molecule has 1 aliphatic heterocycles. The number of hydrogen-bond acceptors (Lipinski definition) is 2. The SMILES string of the molecule is CC.CC.CC/C=C/C1(CCC)CCOCC1.CCC(C)(C)O. The Morgan fingerprint density at radius 3 is 1.74 bits per heavy atom. The molecule has 0 aromatic heterocycles. The molecule has 0 bridgehead atoms. The predicted molar refractivity (Wildman–Crippen MR) is 106 cm³/mol. The first-order valence-corrected chi connectivity index (χ1v) is 9.87. The van der Waals surface area contributed by atoms with E-state index in [1.165, 1.54) is 25.7 Å². The van der Waals surface area contributed by atoms with Gasteiger partial charge in [0, 0.05) is 13.2 Å². The van der Waals surface area contributed by atoms with E-state index in [1.807, 2.05) is 34.6 Å². The van der Waals surface area contributed by atoms with Crippen molar-refractivity contribution >= 4 is 0 Å². The van der Waals surface area contributed by atoms with Gasteiger partial charge in [-0.2, -0.15) is 0 Å². The van der Waals surface area contributed by atoms with Gasteiger partial charge in [-0.25, -0.2) is 0 Å². The molecule has 0 amide bonds. The lowest BCUT2D eigenvalue weighted by Crippen LogP contribution is -2.27. The Kier molecular flexibility index (Phi) is 21.5. The maximum absolute atomic E-state index is 8.83. The Morgan fingerprint density at radius 1 is 1.00 bits per heavy atom. The molecule has 1 heterocycles. The van der Waals surface area contributed by atoms with Gasteiger partial charge in [-0.05, 0) is 51.4 Å². The van der Waals surface area contributed by atoms with E-state index < -0.39 is 5.60 Å². The van der Waals surface area contributed by atoms with Crippen LogP contribution in [0.3, 0.4) is 0 Å². The summed E-state index contributed by atoms with van der Waals surface area (Å²) in [6, 6.07) is 0. The summed E-state index contributed by atoms with van der Waals surface area (Å²) in [7, 11) is 0. The molecule has 0 atom stereocenters. The Morgan fingerprint density at radius 2 is 1.43 bits per heavy atom. The van der Waals surface area contributed by atoms with Crippen molar-refractivity contribution in [2.45, 2.75) is 106 Å². The summed E-state index contributed by atoms with van der Waals surface area (Å²) in [5.74, 6) is 0. The van der Waals surface area contributed by atoms with Crippen LogP contribution in [0, 0.1) is 5.41 Å². The van der Waals surface area contributed by atoms with Gasteiger partial charge in [0.2, 0.25) is 0 Å². The van der Waals surface area contributed by atoms with E-state index in [4.69, 9.17) is 9.84 Å². The fourth-order valence-electron chi connectivity index (χ4n) is 2.14. The predicted octanol–water partition coefficient (Wildman–Crippen LogP) is 6.77. The molecule has 1 rings (SSSR count). The lowest BCUT2D eigenvalue weighted by Gasteiger charge is -2.34. The van der Waals surface area contributed by atoms with Crippen molar-refractivity contribution in [2.75, 3.05) is 13.2 Å². The van der Waals surface area contributed by atoms with Crippen LogP contribution in [-0.2, 0) is 4.74 Å². The smallest absolute Gasteiger partial charge is 0.0589 e. The summed E-state index contributed by atoms with van der Waals surface area (Å²) >= 11 is 0. The summed E-state index contributed by atoms with van der Waals surface area (Å²) < 4.78 is 5.42. The highest BCUT2D eigenvalue weighted by atomic mass is 16.5. The van der Waals surface area contributed by atoms with Crippen LogP contribution in [0.1, 0.15) is 101 Å². The number of allylic oxidation sites excluding steroid dienone is 2. The lowest BCUT2D eigenvalue weighted by atomic mass is 9.76. The number of ether oxygens (including phenoxy) is 1. The number of aliphatic hydroxyl groups is 1. The normalized spacial score (nSPS) is 16.3. The van der Waals surface area contributed by atoms with Crippen LogP contribution < -0.4 is 0 Å². The van der Waals surface area contributed by atoms with Crippen molar-refractivity contribution in [1.82, 2.24) is 0 Å². The van der Waals surface area contributed by atoms with Crippen molar-refractivity contribution < 1.29 is 9.84 Å². The van der Waals surface area contributed by atoms with Crippen LogP contribution in [0.25, 0.3) is 0 Å². The van der Waals surface area contributed by atoms with E-state index in [0.717, 1.165) is 26.1 Å². The van der Waals surface area contributed by atoms with Crippen molar-refractivity contribution in [1.29, 1.82) is 0 Å². The second-order valence-electron chi connectivity index (χ2n) is 6.20. The zero-order chi connectivity index (χ0) is 18.8. The molecular weight excluding hydrogens is 284 g/mol. The Labute approximate surface area is 147 Å². The van der Waals surface area contributed by atoms with Crippen molar-refractivity contribution in [3.8, 4) is 0 Å². The highest BCUT2D eigenvalue weighted by Crippen LogP contribution is 2.36. The minimum Gasteiger partial charge on any atom is -0.390 e. The minimum atomic E-state index is -0.458. The topological polar surface area (TPSA) is 29.5 Å². The van der Waals surface area contributed by atoms with Crippen LogP contribution in [0.4, 0.5) is 0 Å². The Bertz CT molecular complexity index is 227. The standard InChI is InChI=1S/C12H22O.C5H12O.2C2H6/c1-3-5-7-12(6-4-2)8-10-13-11-9-12;1-4-5(2,3)6;2*1-2/h5,7H,3-4,6,8-11H2,1-2H3;6H,4H2,1-3H3;2*1-2H3/b7-5+;;;. The van der Waals surface area contributed by atoms with Crippen molar-refractivity contribution in [2.24, 2.45) is 5.41 Å². The Hall–Kier alpha value is -0.340. The minimum absolute atomic E-state index is 0.458. The molecule has 0 aliphatic carbocycles. The van der Waals surface area contributed by atoms with Gasteiger partial charge in [-0.15, -0.1) is 0 Å². The van der Waals surface area contributed by atoms with Gasteiger partial charge in [-0.1, -0.05) is 67.0 Å². The third-order valence-corrected chi connectivity index (χ3v) is 3.81. The molecule has 0 radical (unpaired) electrons. The zero-order valence-electron chi connectivity index (χ0n) is 17.7. The van der Waals surface area contributed by atoms with Gasteiger partial charge in [0.05, 0.1) is 5.60 Å². The highest BCUT2D eigenvalue weighted by molar-refractivity contribution is 5.00. The molecule has 1 aliphatic rings. The summed E-state index contributed by atoms with van der Waals surface area (Å²) in [5, 5.41) is 8.83. The molecule has 142 valence electrons. The summed E-state index contributed by atoms with van der Waals surface area (Å²) in [4.78, 5) is 0. The van der Waals surface area contributed by atoms with Gasteiger partial charge in [0.15, 0.2) is 0 Å². The third-order valence-electron chi connectivity index (χ3n) is 3.81. The van der Waals surface area contributed by atoms with Gasteiger partial charge in [0.1, 0.15) is 0 Å². The fourth-order valence-corrected chi connectivity index (χ4v) is 2.14. The van der Waals surface area contributed by atoms with E-state index in [0.29, 0.717) is 5.41 Å². The molecule has 0 unspecified atom stereocenters. The van der Waals surface area contributed by atoms with E-state index >= 15 is 0 Å². The second kappa shape index (κ2) is 18.0. The van der Waals surface area contributed by atoms with E-state index in [1.54, 1.807) is 13.8 Å². The first-order chi connectivity index (χ1) is 10.9.